The van der Waals surface area contributed by atoms with E-state index in [1.54, 1.807) is 12.1 Å². The maximum absolute atomic E-state index is 13.3. The van der Waals surface area contributed by atoms with Gasteiger partial charge in [0, 0.05) is 22.8 Å². The zero-order valence-corrected chi connectivity index (χ0v) is 21.8. The van der Waals surface area contributed by atoms with Gasteiger partial charge in [0.05, 0.1) is 23.5 Å². The highest BCUT2D eigenvalue weighted by Gasteiger charge is 2.35. The fraction of sp³-hybridized carbons (Fsp3) is 0.115. The molecule has 0 aliphatic carbocycles. The van der Waals surface area contributed by atoms with Gasteiger partial charge in [-0.05, 0) is 59.3 Å². The van der Waals surface area contributed by atoms with Gasteiger partial charge in [-0.25, -0.2) is 4.39 Å². The van der Waals surface area contributed by atoms with E-state index in [1.165, 1.54) is 55.7 Å². The summed E-state index contributed by atoms with van der Waals surface area (Å²) in [6, 6.07) is 13.9. The van der Waals surface area contributed by atoms with Crippen LogP contribution in [0.25, 0.3) is 6.08 Å². The minimum absolute atomic E-state index is 0.102. The molecule has 0 saturated carbocycles. The molecule has 4 rings (SSSR count). The van der Waals surface area contributed by atoms with Crippen molar-refractivity contribution < 1.29 is 33.2 Å². The molecule has 1 saturated heterocycles. The number of benzene rings is 3. The Labute approximate surface area is 230 Å². The van der Waals surface area contributed by atoms with E-state index in [1.807, 2.05) is 0 Å². The maximum Gasteiger partial charge on any atom is 0.293 e. The van der Waals surface area contributed by atoms with E-state index in [0.717, 1.165) is 22.7 Å². The molecular weight excluding hydrogens is 553 g/mol. The molecule has 0 spiro atoms. The molecule has 0 radical (unpaired) electrons. The fourth-order valence-corrected chi connectivity index (χ4v) is 4.60. The minimum Gasteiger partial charge on any atom is -0.493 e. The number of carbonyl (C=O) groups is 3. The van der Waals surface area contributed by atoms with Gasteiger partial charge in [-0.15, -0.1) is 0 Å². The number of carbonyl (C=O) groups excluding carboxylic acids is 3. The van der Waals surface area contributed by atoms with Gasteiger partial charge in [-0.3, -0.25) is 29.4 Å². The lowest BCUT2D eigenvalue weighted by Gasteiger charge is -2.13. The molecule has 0 unspecified atom stereocenters. The Morgan fingerprint density at radius 3 is 2.67 bits per heavy atom. The van der Waals surface area contributed by atoms with Crippen molar-refractivity contribution in [2.24, 2.45) is 0 Å². The molecule has 13 heteroatoms. The van der Waals surface area contributed by atoms with E-state index < -0.39 is 34.4 Å². The van der Waals surface area contributed by atoms with Crippen LogP contribution >= 0.6 is 23.4 Å². The van der Waals surface area contributed by atoms with E-state index in [9.17, 15) is 28.9 Å². The number of ether oxygens (including phenoxy) is 2. The van der Waals surface area contributed by atoms with E-state index in [0.29, 0.717) is 11.1 Å². The van der Waals surface area contributed by atoms with E-state index in [-0.39, 0.29) is 39.3 Å². The summed E-state index contributed by atoms with van der Waals surface area (Å²) in [4.78, 5) is 49.1. The van der Waals surface area contributed by atoms with Crippen molar-refractivity contribution in [3.8, 4) is 11.5 Å². The SMILES string of the molecule is COc1cc(/C=C2\SC(=O)N(Cc3ccc(F)cc3Cl)C2=O)ccc1OCC(=O)Nc1cccc([N+](=O)[O-])c1. The van der Waals surface area contributed by atoms with Gasteiger partial charge in [0.1, 0.15) is 5.82 Å². The van der Waals surface area contributed by atoms with Gasteiger partial charge in [0.2, 0.25) is 0 Å². The number of nitrogens with zero attached hydrogens (tertiary/aromatic N) is 2. The second kappa shape index (κ2) is 12.0. The molecule has 10 nitrogen and oxygen atoms in total. The monoisotopic (exact) mass is 571 g/mol. The summed E-state index contributed by atoms with van der Waals surface area (Å²) < 4.78 is 24.2. The number of anilines is 1. The number of non-ortho nitro benzene ring substituents is 1. The van der Waals surface area contributed by atoms with Crippen LogP contribution in [0.15, 0.2) is 65.6 Å². The van der Waals surface area contributed by atoms with Crippen LogP contribution in [0.4, 0.5) is 20.6 Å². The molecule has 0 atom stereocenters. The normalized spacial score (nSPS) is 14.0. The molecule has 1 N–H and O–H groups in total. The number of imide groups is 1. The highest BCUT2D eigenvalue weighted by molar-refractivity contribution is 8.18. The van der Waals surface area contributed by atoms with Crippen LogP contribution in [0.1, 0.15) is 11.1 Å². The van der Waals surface area contributed by atoms with Crippen molar-refractivity contribution in [3.63, 3.8) is 0 Å². The number of hydrogen-bond acceptors (Lipinski definition) is 8. The molecule has 3 aromatic carbocycles. The number of hydrogen-bond donors (Lipinski definition) is 1. The summed E-state index contributed by atoms with van der Waals surface area (Å²) in [7, 11) is 1.40. The molecule has 200 valence electrons. The summed E-state index contributed by atoms with van der Waals surface area (Å²) in [5.41, 5.74) is 1.05. The van der Waals surface area contributed by atoms with Crippen LogP contribution in [-0.4, -0.2) is 40.6 Å². The Kier molecular flexibility index (Phi) is 8.47. The molecule has 1 aliphatic rings. The van der Waals surface area contributed by atoms with Gasteiger partial charge in [-0.1, -0.05) is 29.8 Å². The predicted molar refractivity (Wildman–Crippen MR) is 143 cm³/mol. The van der Waals surface area contributed by atoms with E-state index in [4.69, 9.17) is 21.1 Å². The Balaban J connectivity index is 1.42. The summed E-state index contributed by atoms with van der Waals surface area (Å²) >= 11 is 6.79. The largest absolute Gasteiger partial charge is 0.493 e. The van der Waals surface area contributed by atoms with Crippen molar-refractivity contribution in [3.05, 3.63) is 97.6 Å². The highest BCUT2D eigenvalue weighted by atomic mass is 35.5. The van der Waals surface area contributed by atoms with Crippen LogP contribution in [0, 0.1) is 15.9 Å². The van der Waals surface area contributed by atoms with Gasteiger partial charge < -0.3 is 14.8 Å². The van der Waals surface area contributed by atoms with E-state index >= 15 is 0 Å². The lowest BCUT2D eigenvalue weighted by Crippen LogP contribution is -2.27. The standard InChI is InChI=1S/C26H19ClFN3O7S/c1-37-22-9-15(5-8-21(22)38-14-24(32)29-18-3-2-4-19(12-18)31(35)36)10-23-25(33)30(26(34)39-23)13-16-6-7-17(28)11-20(16)27/h2-12H,13-14H2,1H3,(H,29,32)/b23-10-. The first kappa shape index (κ1) is 27.6. The second-order valence-corrected chi connectivity index (χ2v) is 9.46. The van der Waals surface area contributed by atoms with Crippen molar-refractivity contribution in [1.29, 1.82) is 0 Å². The third-order valence-electron chi connectivity index (χ3n) is 5.40. The zero-order valence-electron chi connectivity index (χ0n) is 20.2. The molecule has 39 heavy (non-hydrogen) atoms. The molecule has 1 heterocycles. The van der Waals surface area contributed by atoms with Gasteiger partial charge in [0.25, 0.3) is 22.7 Å². The van der Waals surface area contributed by atoms with Crippen LogP contribution in [0.5, 0.6) is 11.5 Å². The Hall–Kier alpha value is -4.42. The van der Waals surface area contributed by atoms with Crippen LogP contribution < -0.4 is 14.8 Å². The number of methoxy groups -OCH3 is 1. The number of amides is 3. The second-order valence-electron chi connectivity index (χ2n) is 8.06. The van der Waals surface area contributed by atoms with Crippen molar-refractivity contribution in [1.82, 2.24) is 4.90 Å². The third-order valence-corrected chi connectivity index (χ3v) is 6.66. The highest BCUT2D eigenvalue weighted by Crippen LogP contribution is 2.36. The van der Waals surface area contributed by atoms with Crippen molar-refractivity contribution in [2.45, 2.75) is 6.54 Å². The van der Waals surface area contributed by atoms with Gasteiger partial charge >= 0.3 is 0 Å². The third kappa shape index (κ3) is 6.72. The summed E-state index contributed by atoms with van der Waals surface area (Å²) in [6.45, 7) is -0.501. The van der Waals surface area contributed by atoms with Crippen LogP contribution in [0.3, 0.4) is 0 Å². The average molecular weight is 572 g/mol. The first-order chi connectivity index (χ1) is 18.6. The molecule has 3 amide bonds. The zero-order chi connectivity index (χ0) is 28.1. The first-order valence-electron chi connectivity index (χ1n) is 11.2. The quantitative estimate of drug-likeness (QED) is 0.198. The number of halogens is 2. The first-order valence-corrected chi connectivity index (χ1v) is 12.4. The smallest absolute Gasteiger partial charge is 0.293 e. The molecular formula is C26H19ClFN3O7S. The summed E-state index contributed by atoms with van der Waals surface area (Å²) in [6.07, 6.45) is 1.51. The van der Waals surface area contributed by atoms with Crippen molar-refractivity contribution >= 4 is 57.9 Å². The molecule has 3 aromatic rings. The van der Waals surface area contributed by atoms with Gasteiger partial charge in [-0.2, -0.15) is 0 Å². The van der Waals surface area contributed by atoms with Gasteiger partial charge in [0.15, 0.2) is 18.1 Å². The maximum atomic E-state index is 13.3. The van der Waals surface area contributed by atoms with Crippen molar-refractivity contribution in [2.75, 3.05) is 19.0 Å². The Morgan fingerprint density at radius 1 is 1.15 bits per heavy atom. The number of rotatable bonds is 9. The molecule has 0 aromatic heterocycles. The average Bonchev–Trinajstić information content (AvgIpc) is 3.16. The lowest BCUT2D eigenvalue weighted by atomic mass is 10.1. The Bertz CT molecular complexity index is 1510. The number of nitro benzene ring substituents is 1. The topological polar surface area (TPSA) is 128 Å². The lowest BCUT2D eigenvalue weighted by molar-refractivity contribution is -0.384. The number of nitro groups is 1. The number of nitrogens with one attached hydrogen (secondary N) is 1. The fourth-order valence-electron chi connectivity index (χ4n) is 3.54. The molecule has 1 fully saturated rings. The van der Waals surface area contributed by atoms with Crippen LogP contribution in [0.2, 0.25) is 5.02 Å². The number of thioether (sulfide) groups is 1. The Morgan fingerprint density at radius 2 is 1.95 bits per heavy atom. The predicted octanol–water partition coefficient (Wildman–Crippen LogP) is 5.65. The summed E-state index contributed by atoms with van der Waals surface area (Å²) in [5, 5.41) is 13.0. The molecule has 0 bridgehead atoms. The van der Waals surface area contributed by atoms with E-state index in [2.05, 4.69) is 5.32 Å². The minimum atomic E-state index is -0.569. The van der Waals surface area contributed by atoms with Crippen LogP contribution in [-0.2, 0) is 16.1 Å². The molecule has 1 aliphatic heterocycles. The summed E-state index contributed by atoms with van der Waals surface area (Å²) in [5.74, 6) is -1.09.